The molecule has 0 saturated heterocycles. The van der Waals surface area contributed by atoms with Crippen molar-refractivity contribution >= 4 is 11.5 Å². The lowest BCUT2D eigenvalue weighted by Crippen LogP contribution is -2.18. The van der Waals surface area contributed by atoms with Gasteiger partial charge in [-0.1, -0.05) is 42.0 Å². The highest BCUT2D eigenvalue weighted by Gasteiger charge is 2.20. The summed E-state index contributed by atoms with van der Waals surface area (Å²) in [6.07, 6.45) is 1.90. The lowest BCUT2D eigenvalue weighted by molar-refractivity contribution is 0.414. The predicted molar refractivity (Wildman–Crippen MR) is 102 cm³/mol. The van der Waals surface area contributed by atoms with Gasteiger partial charge in [-0.25, -0.2) is 4.98 Å². The number of fused-ring (bicyclic) bond motifs is 1. The number of methoxy groups -OCH3 is 1. The van der Waals surface area contributed by atoms with Crippen molar-refractivity contribution in [2.24, 2.45) is 4.99 Å². The average Bonchev–Trinajstić information content (AvgIpc) is 2.67. The summed E-state index contributed by atoms with van der Waals surface area (Å²) in [7, 11) is 1.68. The molecule has 2 aromatic carbocycles. The molecule has 3 aromatic rings. The van der Waals surface area contributed by atoms with Crippen molar-refractivity contribution in [3.8, 4) is 16.9 Å². The van der Waals surface area contributed by atoms with Crippen LogP contribution in [0.25, 0.3) is 11.1 Å². The van der Waals surface area contributed by atoms with Gasteiger partial charge in [0.15, 0.2) is 0 Å². The van der Waals surface area contributed by atoms with E-state index >= 15 is 0 Å². The van der Waals surface area contributed by atoms with Crippen LogP contribution >= 0.6 is 0 Å². The molecule has 0 bridgehead atoms. The molecule has 0 aliphatic carbocycles. The maximum atomic E-state index is 5.52. The summed E-state index contributed by atoms with van der Waals surface area (Å²) < 4.78 is 5.52. The van der Waals surface area contributed by atoms with Crippen molar-refractivity contribution in [3.63, 3.8) is 0 Å². The average molecular weight is 329 g/mol. The maximum Gasteiger partial charge on any atom is 0.136 e. The second-order valence-electron chi connectivity index (χ2n) is 6.03. The lowest BCUT2D eigenvalue weighted by Gasteiger charge is -2.20. The largest absolute Gasteiger partial charge is 0.496 e. The first-order chi connectivity index (χ1) is 12.3. The summed E-state index contributed by atoms with van der Waals surface area (Å²) in [5.74, 6) is 1.67. The number of benzene rings is 2. The molecule has 4 rings (SSSR count). The van der Waals surface area contributed by atoms with Gasteiger partial charge in [0.05, 0.1) is 12.8 Å². The summed E-state index contributed by atoms with van der Waals surface area (Å²) in [6.45, 7) is 2.60. The highest BCUT2D eigenvalue weighted by atomic mass is 16.5. The molecule has 25 heavy (non-hydrogen) atoms. The van der Waals surface area contributed by atoms with Crippen LogP contribution in [0, 0.1) is 6.92 Å². The van der Waals surface area contributed by atoms with Crippen molar-refractivity contribution in [2.45, 2.75) is 6.92 Å². The van der Waals surface area contributed by atoms with Crippen LogP contribution in [0.5, 0.6) is 5.75 Å². The van der Waals surface area contributed by atoms with E-state index in [0.717, 1.165) is 39.5 Å². The fourth-order valence-corrected chi connectivity index (χ4v) is 3.04. The molecule has 4 nitrogen and oxygen atoms in total. The quantitative estimate of drug-likeness (QED) is 0.780. The number of nitrogens with zero attached hydrogens (tertiary/aromatic N) is 2. The number of pyridine rings is 1. The number of hydrogen-bond acceptors (Lipinski definition) is 4. The number of aryl methyl sites for hydroxylation is 1. The molecule has 0 spiro atoms. The minimum Gasteiger partial charge on any atom is -0.496 e. The Kier molecular flexibility index (Phi) is 3.94. The van der Waals surface area contributed by atoms with Crippen LogP contribution in [0.15, 0.2) is 65.8 Å². The van der Waals surface area contributed by atoms with Crippen molar-refractivity contribution in [3.05, 3.63) is 77.5 Å². The molecule has 1 aromatic heterocycles. The standard InChI is InChI=1S/C21H19N3O/c1-14-7-9-15(10-8-14)16-11-18-20(23-13-24-21(18)22-12-16)17-5-3-4-6-19(17)25-2/h3-12H,13H2,1-2H3,(H,22,24). The number of nitrogens with one attached hydrogen (secondary N) is 1. The fraction of sp³-hybridized carbons (Fsp3) is 0.143. The van der Waals surface area contributed by atoms with E-state index in [2.05, 4.69) is 52.5 Å². The molecule has 0 unspecified atom stereocenters. The first-order valence-corrected chi connectivity index (χ1v) is 8.25. The first kappa shape index (κ1) is 15.4. The second-order valence-corrected chi connectivity index (χ2v) is 6.03. The zero-order chi connectivity index (χ0) is 17.2. The molecule has 2 heterocycles. The topological polar surface area (TPSA) is 46.5 Å². The van der Waals surface area contributed by atoms with E-state index in [1.54, 1.807) is 7.11 Å². The van der Waals surface area contributed by atoms with Crippen molar-refractivity contribution < 1.29 is 4.74 Å². The van der Waals surface area contributed by atoms with E-state index in [0.29, 0.717) is 6.67 Å². The highest BCUT2D eigenvalue weighted by molar-refractivity contribution is 6.18. The van der Waals surface area contributed by atoms with E-state index in [-0.39, 0.29) is 0 Å². The summed E-state index contributed by atoms with van der Waals surface area (Å²) >= 11 is 0. The number of ether oxygens (including phenoxy) is 1. The maximum absolute atomic E-state index is 5.52. The molecule has 1 N–H and O–H groups in total. The first-order valence-electron chi connectivity index (χ1n) is 8.25. The molecule has 0 saturated carbocycles. The number of hydrogen-bond donors (Lipinski definition) is 1. The van der Waals surface area contributed by atoms with Crippen LogP contribution in [0.2, 0.25) is 0 Å². The molecule has 0 atom stereocenters. The van der Waals surface area contributed by atoms with Crippen molar-refractivity contribution in [2.75, 3.05) is 19.1 Å². The monoisotopic (exact) mass is 329 g/mol. The van der Waals surface area contributed by atoms with Crippen molar-refractivity contribution in [1.82, 2.24) is 4.98 Å². The Balaban J connectivity index is 1.83. The molecular weight excluding hydrogens is 310 g/mol. The van der Waals surface area contributed by atoms with Crippen LogP contribution in [-0.2, 0) is 0 Å². The number of aliphatic imine (C=N–C) groups is 1. The van der Waals surface area contributed by atoms with Gasteiger partial charge in [-0.05, 0) is 30.7 Å². The van der Waals surface area contributed by atoms with Crippen LogP contribution < -0.4 is 10.1 Å². The molecule has 124 valence electrons. The van der Waals surface area contributed by atoms with Gasteiger partial charge in [0.1, 0.15) is 18.2 Å². The highest BCUT2D eigenvalue weighted by Crippen LogP contribution is 2.30. The number of rotatable bonds is 3. The van der Waals surface area contributed by atoms with Gasteiger partial charge >= 0.3 is 0 Å². The van der Waals surface area contributed by atoms with Gasteiger partial charge in [-0.15, -0.1) is 0 Å². The van der Waals surface area contributed by atoms with Crippen LogP contribution in [0.4, 0.5) is 5.82 Å². The summed E-state index contributed by atoms with van der Waals surface area (Å²) in [6, 6.07) is 18.6. The van der Waals surface area contributed by atoms with E-state index in [1.807, 2.05) is 30.5 Å². The Morgan fingerprint density at radius 2 is 1.76 bits per heavy atom. The van der Waals surface area contributed by atoms with Gasteiger partial charge in [0.2, 0.25) is 0 Å². The Bertz CT molecular complexity index is 946. The zero-order valence-electron chi connectivity index (χ0n) is 14.3. The number of anilines is 1. The third-order valence-electron chi connectivity index (χ3n) is 4.37. The smallest absolute Gasteiger partial charge is 0.136 e. The molecule has 4 heteroatoms. The van der Waals surface area contributed by atoms with Crippen LogP contribution in [-0.4, -0.2) is 24.5 Å². The van der Waals surface area contributed by atoms with E-state index < -0.39 is 0 Å². The zero-order valence-corrected chi connectivity index (χ0v) is 14.3. The molecule has 0 fully saturated rings. The molecular formula is C21H19N3O. The minimum atomic E-state index is 0.511. The Morgan fingerprint density at radius 1 is 0.960 bits per heavy atom. The third-order valence-corrected chi connectivity index (χ3v) is 4.37. The van der Waals surface area contributed by atoms with Crippen LogP contribution in [0.1, 0.15) is 16.7 Å². The van der Waals surface area contributed by atoms with Crippen LogP contribution in [0.3, 0.4) is 0 Å². The van der Waals surface area contributed by atoms with Crippen molar-refractivity contribution in [1.29, 1.82) is 0 Å². The minimum absolute atomic E-state index is 0.511. The predicted octanol–water partition coefficient (Wildman–Crippen LogP) is 4.29. The Morgan fingerprint density at radius 3 is 2.56 bits per heavy atom. The Hall–Kier alpha value is -3.14. The molecule has 0 amide bonds. The van der Waals surface area contributed by atoms with Gasteiger partial charge in [0, 0.05) is 22.9 Å². The second kappa shape index (κ2) is 6.40. The van der Waals surface area contributed by atoms with Gasteiger partial charge in [-0.3, -0.25) is 4.99 Å². The molecule has 0 radical (unpaired) electrons. The summed E-state index contributed by atoms with van der Waals surface area (Å²) in [5.41, 5.74) is 6.35. The summed E-state index contributed by atoms with van der Waals surface area (Å²) in [5, 5.41) is 3.25. The number of aromatic nitrogens is 1. The Labute approximate surface area is 147 Å². The fourth-order valence-electron chi connectivity index (χ4n) is 3.04. The van der Waals surface area contributed by atoms with E-state index in [1.165, 1.54) is 5.56 Å². The number of para-hydroxylation sites is 1. The normalized spacial score (nSPS) is 12.8. The molecule has 1 aliphatic rings. The third kappa shape index (κ3) is 2.87. The lowest BCUT2D eigenvalue weighted by atomic mass is 9.97. The van der Waals surface area contributed by atoms with Gasteiger partial charge < -0.3 is 10.1 Å². The van der Waals surface area contributed by atoms with E-state index in [9.17, 15) is 0 Å². The van der Waals surface area contributed by atoms with Gasteiger partial charge in [-0.2, -0.15) is 0 Å². The van der Waals surface area contributed by atoms with E-state index in [4.69, 9.17) is 4.74 Å². The molecule has 1 aliphatic heterocycles. The SMILES string of the molecule is COc1ccccc1C1=NCNc2ncc(-c3ccc(C)cc3)cc21. The van der Waals surface area contributed by atoms with Gasteiger partial charge in [0.25, 0.3) is 0 Å². The summed E-state index contributed by atoms with van der Waals surface area (Å²) in [4.78, 5) is 9.30.